The lowest BCUT2D eigenvalue weighted by atomic mass is 10.1. The van der Waals surface area contributed by atoms with Crippen molar-refractivity contribution in [3.63, 3.8) is 0 Å². The molecule has 0 saturated heterocycles. The van der Waals surface area contributed by atoms with Crippen LogP contribution in [0.4, 0.5) is 0 Å². The molecule has 0 aliphatic rings. The molecule has 1 aromatic carbocycles. The van der Waals surface area contributed by atoms with E-state index in [1.54, 1.807) is 38.1 Å². The molecule has 2 aromatic rings. The van der Waals surface area contributed by atoms with Crippen molar-refractivity contribution >= 4 is 15.9 Å². The van der Waals surface area contributed by atoms with Crippen molar-refractivity contribution < 1.29 is 22.4 Å². The van der Waals surface area contributed by atoms with Gasteiger partial charge in [0.1, 0.15) is 22.4 Å². The van der Waals surface area contributed by atoms with Gasteiger partial charge in [-0.3, -0.25) is 4.79 Å². The number of hydrogen-bond acceptors (Lipinski definition) is 5. The van der Waals surface area contributed by atoms with Gasteiger partial charge in [0.2, 0.25) is 15.9 Å². The average Bonchev–Trinajstić information content (AvgIpc) is 3.12. The summed E-state index contributed by atoms with van der Waals surface area (Å²) in [7, 11) is -2.55. The molecule has 0 unspecified atom stereocenters. The summed E-state index contributed by atoms with van der Waals surface area (Å²) in [6.45, 7) is 7.43. The highest BCUT2D eigenvalue weighted by Crippen LogP contribution is 2.27. The zero-order valence-electron chi connectivity index (χ0n) is 16.2. The number of carbonyl (C=O) groups is 1. The molecule has 0 aliphatic carbocycles. The van der Waals surface area contributed by atoms with Crippen LogP contribution in [-0.2, 0) is 21.4 Å². The molecule has 0 saturated carbocycles. The molecule has 0 spiro atoms. The van der Waals surface area contributed by atoms with E-state index in [0.717, 1.165) is 11.1 Å². The van der Waals surface area contributed by atoms with Crippen LogP contribution in [0.1, 0.15) is 30.7 Å². The van der Waals surface area contributed by atoms with E-state index >= 15 is 0 Å². The van der Waals surface area contributed by atoms with Gasteiger partial charge in [0.25, 0.3) is 0 Å². The van der Waals surface area contributed by atoms with E-state index in [4.69, 9.17) is 9.15 Å². The lowest BCUT2D eigenvalue weighted by Crippen LogP contribution is -2.49. The SMILES string of the molecule is COc1cc(C)c(C)cc1S(=O)(=O)N[C@H](C(=O)NCc1ccco1)C(C)C. The Bertz CT molecular complexity index is 889. The molecule has 1 aromatic heterocycles. The van der Waals surface area contributed by atoms with Crippen molar-refractivity contribution in [2.75, 3.05) is 7.11 Å². The average molecular weight is 394 g/mol. The van der Waals surface area contributed by atoms with E-state index in [9.17, 15) is 13.2 Å². The Kier molecular flexibility index (Phi) is 6.67. The van der Waals surface area contributed by atoms with E-state index < -0.39 is 22.0 Å². The maximum absolute atomic E-state index is 12.9. The monoisotopic (exact) mass is 394 g/mol. The van der Waals surface area contributed by atoms with E-state index in [2.05, 4.69) is 10.0 Å². The molecule has 2 N–H and O–H groups in total. The highest BCUT2D eigenvalue weighted by atomic mass is 32.2. The van der Waals surface area contributed by atoms with Crippen LogP contribution in [0.15, 0.2) is 39.8 Å². The number of methoxy groups -OCH3 is 1. The highest BCUT2D eigenvalue weighted by molar-refractivity contribution is 7.89. The molecular formula is C19H26N2O5S. The largest absolute Gasteiger partial charge is 0.495 e. The molecule has 0 radical (unpaired) electrons. The van der Waals surface area contributed by atoms with Gasteiger partial charge >= 0.3 is 0 Å². The lowest BCUT2D eigenvalue weighted by Gasteiger charge is -2.22. The summed E-state index contributed by atoms with van der Waals surface area (Å²) in [4.78, 5) is 12.6. The van der Waals surface area contributed by atoms with Gasteiger partial charge in [0.05, 0.1) is 19.9 Å². The number of furan rings is 1. The smallest absolute Gasteiger partial charge is 0.244 e. The van der Waals surface area contributed by atoms with Crippen LogP contribution >= 0.6 is 0 Å². The number of benzene rings is 1. The molecule has 1 heterocycles. The zero-order valence-corrected chi connectivity index (χ0v) is 17.0. The number of amides is 1. The second-order valence-electron chi connectivity index (χ2n) is 6.73. The second kappa shape index (κ2) is 8.58. The van der Waals surface area contributed by atoms with Crippen LogP contribution in [-0.4, -0.2) is 27.5 Å². The summed E-state index contributed by atoms with van der Waals surface area (Å²) in [6, 6.07) is 5.74. The molecule has 1 atom stereocenters. The molecule has 0 bridgehead atoms. The van der Waals surface area contributed by atoms with Crippen LogP contribution in [0.5, 0.6) is 5.75 Å². The maximum atomic E-state index is 12.9. The molecule has 1 amide bonds. The van der Waals surface area contributed by atoms with Crippen molar-refractivity contribution in [2.45, 2.75) is 45.2 Å². The molecular weight excluding hydrogens is 368 g/mol. The minimum Gasteiger partial charge on any atom is -0.495 e. The number of sulfonamides is 1. The van der Waals surface area contributed by atoms with Crippen molar-refractivity contribution in [1.29, 1.82) is 0 Å². The van der Waals surface area contributed by atoms with E-state index in [-0.39, 0.29) is 23.1 Å². The third-order valence-electron chi connectivity index (χ3n) is 4.32. The second-order valence-corrected chi connectivity index (χ2v) is 8.41. The van der Waals surface area contributed by atoms with Gasteiger partial charge in [0.15, 0.2) is 0 Å². The third kappa shape index (κ3) is 5.11. The first-order chi connectivity index (χ1) is 12.7. The molecule has 2 rings (SSSR count). The number of ether oxygens (including phenoxy) is 1. The Balaban J connectivity index is 2.24. The minimum absolute atomic E-state index is 0.0117. The standard InChI is InChI=1S/C19H26N2O5S/c1-12(2)18(19(22)20-11-15-7-6-8-26-15)21-27(23,24)17-10-14(4)13(3)9-16(17)25-5/h6-10,12,18,21H,11H2,1-5H3,(H,20,22)/t18-/m0/s1. The Hall–Kier alpha value is -2.32. The summed E-state index contributed by atoms with van der Waals surface area (Å²) in [5, 5.41) is 2.70. The number of aryl methyl sites for hydroxylation is 2. The van der Waals surface area contributed by atoms with Crippen molar-refractivity contribution in [3.05, 3.63) is 47.4 Å². The number of rotatable bonds is 8. The Labute approximate surface area is 160 Å². The lowest BCUT2D eigenvalue weighted by molar-refractivity contribution is -0.123. The Morgan fingerprint density at radius 3 is 2.44 bits per heavy atom. The normalized spacial score (nSPS) is 12.8. The van der Waals surface area contributed by atoms with Crippen LogP contribution < -0.4 is 14.8 Å². The first-order valence-corrected chi connectivity index (χ1v) is 10.1. The van der Waals surface area contributed by atoms with E-state index in [0.29, 0.717) is 5.76 Å². The summed E-state index contributed by atoms with van der Waals surface area (Å²) in [5.74, 6) is 0.148. The first-order valence-electron chi connectivity index (χ1n) is 8.63. The van der Waals surface area contributed by atoms with Crippen molar-refractivity contribution in [2.24, 2.45) is 5.92 Å². The minimum atomic E-state index is -3.96. The van der Waals surface area contributed by atoms with Crippen molar-refractivity contribution in [1.82, 2.24) is 10.0 Å². The Morgan fingerprint density at radius 2 is 1.89 bits per heavy atom. The summed E-state index contributed by atoms with van der Waals surface area (Å²) >= 11 is 0. The number of carbonyl (C=O) groups excluding carboxylic acids is 1. The predicted octanol–water partition coefficient (Wildman–Crippen LogP) is 2.52. The topological polar surface area (TPSA) is 97.6 Å². The van der Waals surface area contributed by atoms with Gasteiger partial charge in [0, 0.05) is 0 Å². The summed E-state index contributed by atoms with van der Waals surface area (Å²) < 4.78 is 38.8. The number of nitrogens with one attached hydrogen (secondary N) is 2. The predicted molar refractivity (Wildman–Crippen MR) is 102 cm³/mol. The van der Waals surface area contributed by atoms with Crippen molar-refractivity contribution in [3.8, 4) is 5.75 Å². The molecule has 148 valence electrons. The van der Waals surface area contributed by atoms with Gasteiger partial charge in [-0.05, 0) is 55.2 Å². The Morgan fingerprint density at radius 1 is 1.22 bits per heavy atom. The molecule has 0 fully saturated rings. The zero-order chi connectivity index (χ0) is 20.2. The van der Waals surface area contributed by atoms with Crippen LogP contribution in [0.25, 0.3) is 0 Å². The fourth-order valence-electron chi connectivity index (χ4n) is 2.55. The van der Waals surface area contributed by atoms with Gasteiger partial charge in [-0.2, -0.15) is 4.72 Å². The third-order valence-corrected chi connectivity index (χ3v) is 5.78. The molecule has 7 nitrogen and oxygen atoms in total. The van der Waals surface area contributed by atoms with Gasteiger partial charge in [-0.25, -0.2) is 8.42 Å². The molecule has 27 heavy (non-hydrogen) atoms. The maximum Gasteiger partial charge on any atom is 0.244 e. The number of hydrogen-bond donors (Lipinski definition) is 2. The molecule has 0 aliphatic heterocycles. The van der Waals surface area contributed by atoms with Crippen LogP contribution in [0.2, 0.25) is 0 Å². The van der Waals surface area contributed by atoms with E-state index in [1.165, 1.54) is 13.4 Å². The first kappa shape index (κ1) is 21.0. The van der Waals surface area contributed by atoms with Gasteiger partial charge in [-0.1, -0.05) is 13.8 Å². The fourth-order valence-corrected chi connectivity index (χ4v) is 4.13. The summed E-state index contributed by atoms with van der Waals surface area (Å²) in [6.07, 6.45) is 1.51. The highest BCUT2D eigenvalue weighted by Gasteiger charge is 2.30. The van der Waals surface area contributed by atoms with Crippen LogP contribution in [0.3, 0.4) is 0 Å². The van der Waals surface area contributed by atoms with Gasteiger partial charge in [-0.15, -0.1) is 0 Å². The van der Waals surface area contributed by atoms with E-state index in [1.807, 2.05) is 13.8 Å². The van der Waals surface area contributed by atoms with Gasteiger partial charge < -0.3 is 14.5 Å². The summed E-state index contributed by atoms with van der Waals surface area (Å²) in [5.41, 5.74) is 1.74. The quantitative estimate of drug-likeness (QED) is 0.717. The molecule has 8 heteroatoms. The van der Waals surface area contributed by atoms with Crippen LogP contribution in [0, 0.1) is 19.8 Å². The fraction of sp³-hybridized carbons (Fsp3) is 0.421.